The number of halogens is 2. The highest BCUT2D eigenvalue weighted by molar-refractivity contribution is 7.89. The lowest BCUT2D eigenvalue weighted by Gasteiger charge is -2.10. The van der Waals surface area contributed by atoms with Crippen molar-refractivity contribution in [1.29, 1.82) is 0 Å². The van der Waals surface area contributed by atoms with Gasteiger partial charge in [0.25, 0.3) is 5.91 Å². The van der Waals surface area contributed by atoms with Gasteiger partial charge in [-0.1, -0.05) is 59.6 Å². The van der Waals surface area contributed by atoms with Gasteiger partial charge in [0.1, 0.15) is 5.75 Å². The number of benzene rings is 3. The normalized spacial score (nSPS) is 11.2. The molecule has 3 aromatic rings. The third-order valence-electron chi connectivity index (χ3n) is 4.30. The summed E-state index contributed by atoms with van der Waals surface area (Å²) in [5, 5.41) is 3.68. The molecule has 0 aromatic heterocycles. The highest BCUT2D eigenvalue weighted by atomic mass is 35.5. The van der Waals surface area contributed by atoms with Gasteiger partial charge < -0.3 is 10.1 Å². The maximum absolute atomic E-state index is 12.4. The number of ether oxygens (including phenoxy) is 1. The van der Waals surface area contributed by atoms with E-state index in [1.807, 2.05) is 30.3 Å². The molecule has 0 saturated heterocycles. The molecule has 0 aliphatic heterocycles. The fraction of sp³-hybridized carbons (Fsp3) is 0.136. The molecule has 0 saturated carbocycles. The van der Waals surface area contributed by atoms with E-state index in [0.717, 1.165) is 11.1 Å². The van der Waals surface area contributed by atoms with Crippen molar-refractivity contribution in [3.63, 3.8) is 0 Å². The minimum atomic E-state index is -3.66. The number of nitrogens with one attached hydrogen (secondary N) is 2. The summed E-state index contributed by atoms with van der Waals surface area (Å²) in [5.74, 6) is 0.0360. The van der Waals surface area contributed by atoms with Gasteiger partial charge in [0.2, 0.25) is 10.0 Å². The largest absolute Gasteiger partial charge is 0.484 e. The molecule has 0 spiro atoms. The Labute approximate surface area is 191 Å². The van der Waals surface area contributed by atoms with Gasteiger partial charge in [-0.05, 0) is 47.5 Å². The van der Waals surface area contributed by atoms with Gasteiger partial charge in [-0.15, -0.1) is 0 Å². The Morgan fingerprint density at radius 1 is 0.903 bits per heavy atom. The van der Waals surface area contributed by atoms with E-state index in [9.17, 15) is 13.2 Å². The average molecular weight is 479 g/mol. The summed E-state index contributed by atoms with van der Waals surface area (Å²) in [6.45, 7) is 0.214. The van der Waals surface area contributed by atoms with E-state index in [-0.39, 0.29) is 30.5 Å². The number of amides is 1. The van der Waals surface area contributed by atoms with Gasteiger partial charge in [-0.25, -0.2) is 13.1 Å². The van der Waals surface area contributed by atoms with E-state index in [4.69, 9.17) is 27.9 Å². The van der Waals surface area contributed by atoms with E-state index in [1.165, 1.54) is 24.3 Å². The van der Waals surface area contributed by atoms with E-state index in [2.05, 4.69) is 10.0 Å². The molecule has 0 aliphatic carbocycles. The maximum atomic E-state index is 12.4. The standard InChI is InChI=1S/C22H20Cl2N2O4S/c23-18-7-6-17(21(24)12-18)14-25-22(27)15-30-19-8-10-20(11-9-19)31(28,29)26-13-16-4-2-1-3-5-16/h1-12,26H,13-15H2,(H,25,27). The molecule has 3 rings (SSSR count). The van der Waals surface area contributed by atoms with Crippen molar-refractivity contribution in [3.8, 4) is 5.75 Å². The molecule has 9 heteroatoms. The van der Waals surface area contributed by atoms with Crippen LogP contribution < -0.4 is 14.8 Å². The predicted octanol–water partition coefficient (Wildman–Crippen LogP) is 4.17. The number of rotatable bonds is 9. The number of hydrogen-bond acceptors (Lipinski definition) is 4. The van der Waals surface area contributed by atoms with Crippen molar-refractivity contribution >= 4 is 39.1 Å². The number of carbonyl (C=O) groups excluding carboxylic acids is 1. The van der Waals surface area contributed by atoms with Crippen molar-refractivity contribution < 1.29 is 17.9 Å². The van der Waals surface area contributed by atoms with Crippen molar-refractivity contribution in [1.82, 2.24) is 10.0 Å². The van der Waals surface area contributed by atoms with E-state index >= 15 is 0 Å². The zero-order chi connectivity index (χ0) is 22.3. The van der Waals surface area contributed by atoms with Crippen LogP contribution in [0.5, 0.6) is 5.75 Å². The zero-order valence-electron chi connectivity index (χ0n) is 16.3. The van der Waals surface area contributed by atoms with Crippen LogP contribution in [-0.4, -0.2) is 20.9 Å². The summed E-state index contributed by atoms with van der Waals surface area (Å²) in [5.41, 5.74) is 1.59. The lowest BCUT2D eigenvalue weighted by Crippen LogP contribution is -2.28. The fourth-order valence-electron chi connectivity index (χ4n) is 2.63. The van der Waals surface area contributed by atoms with Crippen LogP contribution >= 0.6 is 23.2 Å². The fourth-order valence-corrected chi connectivity index (χ4v) is 4.12. The van der Waals surface area contributed by atoms with Gasteiger partial charge >= 0.3 is 0 Å². The Hall–Kier alpha value is -2.58. The molecule has 162 valence electrons. The first-order chi connectivity index (χ1) is 14.8. The summed E-state index contributed by atoms with van der Waals surface area (Å²) in [4.78, 5) is 12.1. The molecule has 31 heavy (non-hydrogen) atoms. The van der Waals surface area contributed by atoms with Crippen LogP contribution in [-0.2, 0) is 27.9 Å². The molecule has 3 aromatic carbocycles. The minimum absolute atomic E-state index is 0.109. The highest BCUT2D eigenvalue weighted by Crippen LogP contribution is 2.21. The molecule has 0 radical (unpaired) electrons. The molecule has 0 aliphatic rings. The second-order valence-corrected chi connectivity index (χ2v) is 9.19. The van der Waals surface area contributed by atoms with Crippen molar-refractivity contribution in [3.05, 3.63) is 94.0 Å². The van der Waals surface area contributed by atoms with E-state index in [0.29, 0.717) is 15.8 Å². The summed E-state index contributed by atoms with van der Waals surface area (Å²) in [7, 11) is -3.66. The Kier molecular flexibility index (Phi) is 7.92. The van der Waals surface area contributed by atoms with Crippen LogP contribution in [0, 0.1) is 0 Å². The SMILES string of the molecule is O=C(COc1ccc(S(=O)(=O)NCc2ccccc2)cc1)NCc1ccc(Cl)cc1Cl. The highest BCUT2D eigenvalue weighted by Gasteiger charge is 2.14. The lowest BCUT2D eigenvalue weighted by atomic mass is 10.2. The van der Waals surface area contributed by atoms with Gasteiger partial charge in [-0.3, -0.25) is 4.79 Å². The third-order valence-corrected chi connectivity index (χ3v) is 6.31. The smallest absolute Gasteiger partial charge is 0.258 e. The molecule has 2 N–H and O–H groups in total. The molecule has 0 fully saturated rings. The molecule has 6 nitrogen and oxygen atoms in total. The van der Waals surface area contributed by atoms with Crippen LogP contribution in [0.25, 0.3) is 0 Å². The molecule has 0 bridgehead atoms. The monoisotopic (exact) mass is 478 g/mol. The Balaban J connectivity index is 1.48. The van der Waals surface area contributed by atoms with Crippen LogP contribution in [0.15, 0.2) is 77.7 Å². The van der Waals surface area contributed by atoms with Crippen molar-refractivity contribution in [2.24, 2.45) is 0 Å². The molecule has 0 heterocycles. The third kappa shape index (κ3) is 6.97. The van der Waals surface area contributed by atoms with E-state index in [1.54, 1.807) is 18.2 Å². The van der Waals surface area contributed by atoms with Gasteiger partial charge in [-0.2, -0.15) is 0 Å². The topological polar surface area (TPSA) is 84.5 Å². The Bertz CT molecular complexity index is 1140. The van der Waals surface area contributed by atoms with Crippen LogP contribution in [0.3, 0.4) is 0 Å². The maximum Gasteiger partial charge on any atom is 0.258 e. The lowest BCUT2D eigenvalue weighted by molar-refractivity contribution is -0.123. The van der Waals surface area contributed by atoms with Crippen LogP contribution in [0.1, 0.15) is 11.1 Å². The quantitative estimate of drug-likeness (QED) is 0.483. The number of hydrogen-bond donors (Lipinski definition) is 2. The Morgan fingerprint density at radius 3 is 2.29 bits per heavy atom. The van der Waals surface area contributed by atoms with Crippen LogP contribution in [0.2, 0.25) is 10.0 Å². The van der Waals surface area contributed by atoms with E-state index < -0.39 is 10.0 Å². The second-order valence-electron chi connectivity index (χ2n) is 6.58. The predicted molar refractivity (Wildman–Crippen MR) is 121 cm³/mol. The van der Waals surface area contributed by atoms with Gasteiger partial charge in [0.15, 0.2) is 6.61 Å². The first-order valence-corrected chi connectivity index (χ1v) is 11.5. The molecule has 0 atom stereocenters. The summed E-state index contributed by atoms with van der Waals surface area (Å²) >= 11 is 11.9. The van der Waals surface area contributed by atoms with Crippen LogP contribution in [0.4, 0.5) is 0 Å². The first kappa shape index (κ1) is 23.1. The first-order valence-electron chi connectivity index (χ1n) is 9.30. The Morgan fingerprint density at radius 2 is 1.61 bits per heavy atom. The van der Waals surface area contributed by atoms with Gasteiger partial charge in [0.05, 0.1) is 4.90 Å². The summed E-state index contributed by atoms with van der Waals surface area (Å²) < 4.78 is 32.8. The summed E-state index contributed by atoms with van der Waals surface area (Å²) in [6.07, 6.45) is 0. The molecular weight excluding hydrogens is 459 g/mol. The summed E-state index contributed by atoms with van der Waals surface area (Å²) in [6, 6.07) is 20.1. The molecular formula is C22H20Cl2N2O4S. The van der Waals surface area contributed by atoms with Gasteiger partial charge in [0, 0.05) is 23.1 Å². The second kappa shape index (κ2) is 10.6. The molecule has 1 amide bonds. The minimum Gasteiger partial charge on any atom is -0.484 e. The van der Waals surface area contributed by atoms with Crippen molar-refractivity contribution in [2.45, 2.75) is 18.0 Å². The average Bonchev–Trinajstić information content (AvgIpc) is 2.77. The van der Waals surface area contributed by atoms with Crippen molar-refractivity contribution in [2.75, 3.05) is 6.61 Å². The number of carbonyl (C=O) groups is 1. The number of sulfonamides is 1. The molecule has 0 unspecified atom stereocenters. The zero-order valence-corrected chi connectivity index (χ0v) is 18.7.